The Morgan fingerprint density at radius 1 is 1.38 bits per heavy atom. The summed E-state index contributed by atoms with van der Waals surface area (Å²) in [5.41, 5.74) is 7.78. The van der Waals surface area contributed by atoms with E-state index in [4.69, 9.17) is 18.0 Å². The second-order valence-corrected chi connectivity index (χ2v) is 5.22. The summed E-state index contributed by atoms with van der Waals surface area (Å²) in [6, 6.07) is 8.15. The van der Waals surface area contributed by atoms with Crippen molar-refractivity contribution >= 4 is 29.0 Å². The second-order valence-electron chi connectivity index (χ2n) is 3.79. The van der Waals surface area contributed by atoms with Crippen LogP contribution in [0.5, 0.6) is 0 Å². The van der Waals surface area contributed by atoms with Crippen molar-refractivity contribution in [1.82, 2.24) is 4.90 Å². The molecule has 0 unspecified atom stereocenters. The smallest absolute Gasteiger partial charge is 0.103 e. The minimum Gasteiger partial charge on any atom is -0.389 e. The number of hydrogen-bond acceptors (Lipinski definition) is 3. The quantitative estimate of drug-likeness (QED) is 0.787. The predicted molar refractivity (Wildman–Crippen MR) is 77.0 cm³/mol. The molecule has 0 amide bonds. The number of rotatable bonds is 6. The minimum absolute atomic E-state index is 0.460. The summed E-state index contributed by atoms with van der Waals surface area (Å²) in [7, 11) is 2.14. The van der Waals surface area contributed by atoms with Gasteiger partial charge < -0.3 is 10.6 Å². The Morgan fingerprint density at radius 3 is 2.50 bits per heavy atom. The normalized spacial score (nSPS) is 10.7. The Bertz CT molecular complexity index is 335. The molecule has 0 heterocycles. The molecule has 0 fully saturated rings. The standard InChI is InChI=1S/C12H18N2S2/c1-14(7-8-16-2)9-10-3-5-11(6-4-10)12(13)15/h3-6H,7-9H2,1-2H3,(H2,13,15). The number of nitrogens with zero attached hydrogens (tertiary/aromatic N) is 1. The molecule has 0 aliphatic heterocycles. The molecular formula is C12H18N2S2. The van der Waals surface area contributed by atoms with Gasteiger partial charge in [-0.25, -0.2) is 0 Å². The number of hydrogen-bond donors (Lipinski definition) is 1. The van der Waals surface area contributed by atoms with Crippen LogP contribution >= 0.6 is 24.0 Å². The van der Waals surface area contributed by atoms with E-state index in [0.29, 0.717) is 4.99 Å². The summed E-state index contributed by atoms with van der Waals surface area (Å²) < 4.78 is 0. The lowest BCUT2D eigenvalue weighted by Crippen LogP contribution is -2.20. The van der Waals surface area contributed by atoms with Gasteiger partial charge in [0.2, 0.25) is 0 Å². The van der Waals surface area contributed by atoms with Gasteiger partial charge in [-0.2, -0.15) is 11.8 Å². The fourth-order valence-corrected chi connectivity index (χ4v) is 2.04. The lowest BCUT2D eigenvalue weighted by atomic mass is 10.1. The minimum atomic E-state index is 0.460. The number of nitrogens with two attached hydrogens (primary N) is 1. The molecule has 0 radical (unpaired) electrons. The van der Waals surface area contributed by atoms with E-state index < -0.39 is 0 Å². The van der Waals surface area contributed by atoms with Crippen molar-refractivity contribution in [3.63, 3.8) is 0 Å². The lowest BCUT2D eigenvalue weighted by molar-refractivity contribution is 0.349. The molecule has 2 N–H and O–H groups in total. The third-order valence-corrected chi connectivity index (χ3v) is 3.19. The van der Waals surface area contributed by atoms with Crippen LogP contribution in [0.4, 0.5) is 0 Å². The van der Waals surface area contributed by atoms with Crippen LogP contribution in [0.3, 0.4) is 0 Å². The highest BCUT2D eigenvalue weighted by atomic mass is 32.2. The van der Waals surface area contributed by atoms with Gasteiger partial charge in [-0.3, -0.25) is 0 Å². The molecule has 0 aliphatic carbocycles. The van der Waals surface area contributed by atoms with Gasteiger partial charge in [0, 0.05) is 24.4 Å². The average Bonchev–Trinajstić information content (AvgIpc) is 2.27. The molecule has 1 aromatic rings. The monoisotopic (exact) mass is 254 g/mol. The van der Waals surface area contributed by atoms with Gasteiger partial charge in [-0.05, 0) is 18.9 Å². The topological polar surface area (TPSA) is 29.3 Å². The first-order chi connectivity index (χ1) is 7.63. The van der Waals surface area contributed by atoms with Crippen LogP contribution in [-0.4, -0.2) is 35.5 Å². The zero-order valence-electron chi connectivity index (χ0n) is 9.77. The largest absolute Gasteiger partial charge is 0.389 e. The Kier molecular flexibility index (Phi) is 5.80. The van der Waals surface area contributed by atoms with Crippen molar-refractivity contribution in [2.75, 3.05) is 25.6 Å². The summed E-state index contributed by atoms with van der Waals surface area (Å²) in [6.45, 7) is 2.08. The van der Waals surface area contributed by atoms with Crippen molar-refractivity contribution in [2.45, 2.75) is 6.54 Å². The molecule has 0 bridgehead atoms. The molecule has 0 spiro atoms. The van der Waals surface area contributed by atoms with Gasteiger partial charge >= 0.3 is 0 Å². The Balaban J connectivity index is 2.51. The molecule has 0 aromatic heterocycles. The summed E-state index contributed by atoms with van der Waals surface area (Å²) in [5, 5.41) is 0. The highest BCUT2D eigenvalue weighted by Gasteiger charge is 2.01. The molecule has 0 aliphatic rings. The number of thiocarbonyl (C=S) groups is 1. The zero-order chi connectivity index (χ0) is 12.0. The van der Waals surface area contributed by atoms with E-state index in [0.717, 1.165) is 18.7 Å². The van der Waals surface area contributed by atoms with E-state index in [1.807, 2.05) is 23.9 Å². The number of thioether (sulfide) groups is 1. The van der Waals surface area contributed by atoms with Crippen molar-refractivity contribution in [3.8, 4) is 0 Å². The second kappa shape index (κ2) is 6.89. The Labute approximate surface area is 107 Å². The van der Waals surface area contributed by atoms with Gasteiger partial charge in [-0.15, -0.1) is 0 Å². The number of benzene rings is 1. The first kappa shape index (κ1) is 13.5. The van der Waals surface area contributed by atoms with Crippen LogP contribution in [0, 0.1) is 0 Å². The van der Waals surface area contributed by atoms with Gasteiger partial charge in [0.15, 0.2) is 0 Å². The molecule has 88 valence electrons. The highest BCUT2D eigenvalue weighted by molar-refractivity contribution is 7.98. The van der Waals surface area contributed by atoms with E-state index in [9.17, 15) is 0 Å². The summed E-state index contributed by atoms with van der Waals surface area (Å²) in [4.78, 5) is 2.77. The Hall–Kier alpha value is -0.580. The summed E-state index contributed by atoms with van der Waals surface area (Å²) in [6.07, 6.45) is 2.13. The van der Waals surface area contributed by atoms with Crippen LogP contribution in [0.25, 0.3) is 0 Å². The maximum atomic E-state index is 5.55. The van der Waals surface area contributed by atoms with Gasteiger partial charge in [0.05, 0.1) is 0 Å². The molecule has 1 rings (SSSR count). The first-order valence-electron chi connectivity index (χ1n) is 5.19. The van der Waals surface area contributed by atoms with E-state index in [-0.39, 0.29) is 0 Å². The van der Waals surface area contributed by atoms with Crippen molar-refractivity contribution in [1.29, 1.82) is 0 Å². The van der Waals surface area contributed by atoms with Gasteiger partial charge in [-0.1, -0.05) is 36.5 Å². The molecule has 0 saturated carbocycles. The molecule has 1 aromatic carbocycles. The summed E-state index contributed by atoms with van der Waals surface area (Å²) in [5.74, 6) is 1.17. The summed E-state index contributed by atoms with van der Waals surface area (Å²) >= 11 is 6.79. The maximum absolute atomic E-state index is 5.55. The maximum Gasteiger partial charge on any atom is 0.103 e. The Morgan fingerprint density at radius 2 is 2.00 bits per heavy atom. The average molecular weight is 254 g/mol. The van der Waals surface area contributed by atoms with Gasteiger partial charge in [0.25, 0.3) is 0 Å². The third kappa shape index (κ3) is 4.51. The molecule has 4 heteroatoms. The van der Waals surface area contributed by atoms with Crippen molar-refractivity contribution < 1.29 is 0 Å². The van der Waals surface area contributed by atoms with Crippen molar-refractivity contribution in [3.05, 3.63) is 35.4 Å². The van der Waals surface area contributed by atoms with Gasteiger partial charge in [0.1, 0.15) is 4.99 Å². The molecule has 0 atom stereocenters. The molecule has 2 nitrogen and oxygen atoms in total. The third-order valence-electron chi connectivity index (χ3n) is 2.37. The van der Waals surface area contributed by atoms with Crippen molar-refractivity contribution in [2.24, 2.45) is 5.73 Å². The van der Waals surface area contributed by atoms with E-state index >= 15 is 0 Å². The fraction of sp³-hybridized carbons (Fsp3) is 0.417. The zero-order valence-corrected chi connectivity index (χ0v) is 11.4. The van der Waals surface area contributed by atoms with Crippen LogP contribution in [0.2, 0.25) is 0 Å². The molecule has 0 saturated heterocycles. The van der Waals surface area contributed by atoms with E-state index in [2.05, 4.69) is 30.3 Å². The lowest BCUT2D eigenvalue weighted by Gasteiger charge is -2.16. The van der Waals surface area contributed by atoms with Crippen LogP contribution in [0.15, 0.2) is 24.3 Å². The molecule has 16 heavy (non-hydrogen) atoms. The predicted octanol–water partition coefficient (Wildman–Crippen LogP) is 2.12. The fourth-order valence-electron chi connectivity index (χ4n) is 1.41. The van der Waals surface area contributed by atoms with Crippen LogP contribution in [-0.2, 0) is 6.54 Å². The highest BCUT2D eigenvalue weighted by Crippen LogP contribution is 2.07. The van der Waals surface area contributed by atoms with Crippen LogP contribution < -0.4 is 5.73 Å². The molecular weight excluding hydrogens is 236 g/mol. The first-order valence-corrected chi connectivity index (χ1v) is 7.00. The van der Waals surface area contributed by atoms with Crippen LogP contribution in [0.1, 0.15) is 11.1 Å². The van der Waals surface area contributed by atoms with E-state index in [1.54, 1.807) is 0 Å². The van der Waals surface area contributed by atoms with E-state index in [1.165, 1.54) is 11.3 Å². The SMILES string of the molecule is CSCCN(C)Cc1ccc(C(N)=S)cc1.